The molecule has 1 aliphatic rings. The number of carbonyl (C=O) groups is 1. The van der Waals surface area contributed by atoms with Crippen LogP contribution in [0.3, 0.4) is 0 Å². The molecule has 0 bridgehead atoms. The summed E-state index contributed by atoms with van der Waals surface area (Å²) < 4.78 is 0. The standard InChI is InChI=1S/C17H17N3O4/c1-18-17(22)13-9-11(20(23)24)6-7-14(13)19-16-12-5-3-2-4-10(12)8-15(16)21/h2-7,9,15-16,19,21H,8H2,1H3,(H,18,22)/t15-,16+/m1/s1. The molecular weight excluding hydrogens is 310 g/mol. The van der Waals surface area contributed by atoms with E-state index in [0.717, 1.165) is 11.1 Å². The number of rotatable bonds is 4. The van der Waals surface area contributed by atoms with E-state index in [-0.39, 0.29) is 17.3 Å². The molecule has 7 heteroatoms. The Morgan fingerprint density at radius 3 is 2.75 bits per heavy atom. The summed E-state index contributed by atoms with van der Waals surface area (Å²) in [4.78, 5) is 22.5. The maximum atomic E-state index is 12.1. The molecule has 3 rings (SSSR count). The fourth-order valence-electron chi connectivity index (χ4n) is 3.01. The number of nitrogens with zero attached hydrogens (tertiary/aromatic N) is 1. The highest BCUT2D eigenvalue weighted by molar-refractivity contribution is 6.00. The summed E-state index contributed by atoms with van der Waals surface area (Å²) >= 11 is 0. The third-order valence-corrected chi connectivity index (χ3v) is 4.20. The van der Waals surface area contributed by atoms with Crippen LogP contribution < -0.4 is 10.6 Å². The monoisotopic (exact) mass is 327 g/mol. The van der Waals surface area contributed by atoms with Gasteiger partial charge in [-0.05, 0) is 17.2 Å². The summed E-state index contributed by atoms with van der Waals surface area (Å²) in [5.41, 5.74) is 2.47. The molecule has 7 nitrogen and oxygen atoms in total. The SMILES string of the molecule is CNC(=O)c1cc([N+](=O)[O-])ccc1N[C@H]1c2ccccc2C[C@H]1O. The zero-order valence-electron chi connectivity index (χ0n) is 13.0. The van der Waals surface area contributed by atoms with Gasteiger partial charge in [0.1, 0.15) is 0 Å². The quantitative estimate of drug-likeness (QED) is 0.589. The second kappa shape index (κ2) is 6.29. The molecule has 0 radical (unpaired) electrons. The molecule has 124 valence electrons. The van der Waals surface area contributed by atoms with Crippen molar-refractivity contribution in [3.63, 3.8) is 0 Å². The second-order valence-corrected chi connectivity index (χ2v) is 5.66. The Kier molecular flexibility index (Phi) is 4.18. The van der Waals surface area contributed by atoms with Crippen molar-refractivity contribution in [1.29, 1.82) is 0 Å². The molecule has 1 amide bonds. The minimum atomic E-state index is -0.630. The molecule has 24 heavy (non-hydrogen) atoms. The summed E-state index contributed by atoms with van der Waals surface area (Å²) in [7, 11) is 1.46. The van der Waals surface area contributed by atoms with Crippen LogP contribution in [0.15, 0.2) is 42.5 Å². The van der Waals surface area contributed by atoms with Gasteiger partial charge in [0, 0.05) is 31.3 Å². The van der Waals surface area contributed by atoms with Gasteiger partial charge in [-0.25, -0.2) is 0 Å². The molecule has 2 atom stereocenters. The molecule has 0 saturated heterocycles. The van der Waals surface area contributed by atoms with Crippen LogP contribution in [0.5, 0.6) is 0 Å². The summed E-state index contributed by atoms with van der Waals surface area (Å²) in [5.74, 6) is -0.429. The minimum Gasteiger partial charge on any atom is -0.390 e. The molecule has 2 aromatic carbocycles. The highest BCUT2D eigenvalue weighted by Crippen LogP contribution is 2.35. The van der Waals surface area contributed by atoms with Crippen molar-refractivity contribution in [1.82, 2.24) is 5.32 Å². The van der Waals surface area contributed by atoms with Crippen molar-refractivity contribution in [3.8, 4) is 0 Å². The van der Waals surface area contributed by atoms with E-state index in [1.807, 2.05) is 24.3 Å². The number of nitro benzene ring substituents is 1. The van der Waals surface area contributed by atoms with Crippen molar-refractivity contribution in [2.45, 2.75) is 18.6 Å². The topological polar surface area (TPSA) is 104 Å². The average Bonchev–Trinajstić information content (AvgIpc) is 2.90. The van der Waals surface area contributed by atoms with Crippen LogP contribution in [-0.2, 0) is 6.42 Å². The fraction of sp³-hybridized carbons (Fsp3) is 0.235. The van der Waals surface area contributed by atoms with Gasteiger partial charge in [0.2, 0.25) is 0 Å². The van der Waals surface area contributed by atoms with E-state index in [1.165, 1.54) is 25.2 Å². The first kappa shape index (κ1) is 15.9. The average molecular weight is 327 g/mol. The molecule has 0 spiro atoms. The van der Waals surface area contributed by atoms with Gasteiger partial charge in [0.15, 0.2) is 0 Å². The Hall–Kier alpha value is -2.93. The van der Waals surface area contributed by atoms with Crippen LogP contribution in [0.1, 0.15) is 27.5 Å². The number of fused-ring (bicyclic) bond motifs is 1. The normalized spacial score (nSPS) is 18.8. The third kappa shape index (κ3) is 2.81. The predicted octanol–water partition coefficient (Wildman–Crippen LogP) is 2.02. The Labute approximate surface area is 138 Å². The van der Waals surface area contributed by atoms with Crippen LogP contribution in [0.4, 0.5) is 11.4 Å². The molecule has 0 unspecified atom stereocenters. The number of anilines is 1. The van der Waals surface area contributed by atoms with Crippen molar-refractivity contribution < 1.29 is 14.8 Å². The van der Waals surface area contributed by atoms with Crippen LogP contribution in [0.2, 0.25) is 0 Å². The molecule has 2 aromatic rings. The lowest BCUT2D eigenvalue weighted by atomic mass is 10.1. The number of nitrogens with one attached hydrogen (secondary N) is 2. The lowest BCUT2D eigenvalue weighted by Crippen LogP contribution is -2.24. The zero-order valence-corrected chi connectivity index (χ0v) is 13.0. The van der Waals surface area contributed by atoms with Crippen molar-refractivity contribution in [2.75, 3.05) is 12.4 Å². The predicted molar refractivity (Wildman–Crippen MR) is 89.0 cm³/mol. The van der Waals surface area contributed by atoms with Crippen LogP contribution >= 0.6 is 0 Å². The number of hydrogen-bond acceptors (Lipinski definition) is 5. The molecular formula is C17H17N3O4. The Morgan fingerprint density at radius 2 is 2.04 bits per heavy atom. The lowest BCUT2D eigenvalue weighted by molar-refractivity contribution is -0.384. The summed E-state index contributed by atoms with van der Waals surface area (Å²) in [6.45, 7) is 0. The number of aliphatic hydroxyl groups is 1. The van der Waals surface area contributed by atoms with Gasteiger partial charge in [0.25, 0.3) is 11.6 Å². The summed E-state index contributed by atoms with van der Waals surface area (Å²) in [5, 5.41) is 26.9. The molecule has 0 fully saturated rings. The van der Waals surface area contributed by atoms with E-state index in [1.54, 1.807) is 0 Å². The van der Waals surface area contributed by atoms with Crippen molar-refractivity contribution in [3.05, 3.63) is 69.3 Å². The molecule has 0 heterocycles. The highest BCUT2D eigenvalue weighted by Gasteiger charge is 2.31. The molecule has 3 N–H and O–H groups in total. The van der Waals surface area contributed by atoms with E-state index >= 15 is 0 Å². The largest absolute Gasteiger partial charge is 0.390 e. The number of non-ortho nitro benzene ring substituents is 1. The van der Waals surface area contributed by atoms with E-state index in [9.17, 15) is 20.0 Å². The van der Waals surface area contributed by atoms with Gasteiger partial charge >= 0.3 is 0 Å². The van der Waals surface area contributed by atoms with Gasteiger partial charge < -0.3 is 15.7 Å². The first-order valence-electron chi connectivity index (χ1n) is 7.54. The first-order valence-corrected chi connectivity index (χ1v) is 7.54. The number of benzene rings is 2. The minimum absolute atomic E-state index is 0.161. The Balaban J connectivity index is 1.98. The van der Waals surface area contributed by atoms with Gasteiger partial charge in [0.05, 0.1) is 22.6 Å². The zero-order chi connectivity index (χ0) is 17.3. The van der Waals surface area contributed by atoms with E-state index in [2.05, 4.69) is 10.6 Å². The fourth-order valence-corrected chi connectivity index (χ4v) is 3.01. The van der Waals surface area contributed by atoms with Crippen LogP contribution in [0, 0.1) is 10.1 Å². The lowest BCUT2D eigenvalue weighted by Gasteiger charge is -2.21. The van der Waals surface area contributed by atoms with Gasteiger partial charge in [-0.15, -0.1) is 0 Å². The third-order valence-electron chi connectivity index (χ3n) is 4.20. The second-order valence-electron chi connectivity index (χ2n) is 5.66. The van der Waals surface area contributed by atoms with Crippen molar-refractivity contribution in [2.24, 2.45) is 0 Å². The van der Waals surface area contributed by atoms with E-state index in [0.29, 0.717) is 12.1 Å². The molecule has 0 saturated carbocycles. The highest BCUT2D eigenvalue weighted by atomic mass is 16.6. The van der Waals surface area contributed by atoms with Crippen molar-refractivity contribution >= 4 is 17.3 Å². The molecule has 0 aliphatic heterocycles. The van der Waals surface area contributed by atoms with Crippen LogP contribution in [-0.4, -0.2) is 29.1 Å². The molecule has 1 aliphatic carbocycles. The smallest absolute Gasteiger partial charge is 0.270 e. The Morgan fingerprint density at radius 1 is 1.29 bits per heavy atom. The van der Waals surface area contributed by atoms with Gasteiger partial charge in [-0.2, -0.15) is 0 Å². The number of nitro groups is 1. The van der Waals surface area contributed by atoms with Gasteiger partial charge in [-0.3, -0.25) is 14.9 Å². The summed E-state index contributed by atoms with van der Waals surface area (Å²) in [6.07, 6.45) is -0.106. The number of hydrogen-bond donors (Lipinski definition) is 3. The maximum Gasteiger partial charge on any atom is 0.270 e. The Bertz CT molecular complexity index is 806. The number of carbonyl (C=O) groups excluding carboxylic acids is 1. The number of aliphatic hydroxyl groups excluding tert-OH is 1. The van der Waals surface area contributed by atoms with E-state index < -0.39 is 16.9 Å². The maximum absolute atomic E-state index is 12.1. The molecule has 0 aromatic heterocycles. The van der Waals surface area contributed by atoms with E-state index in [4.69, 9.17) is 0 Å². The van der Waals surface area contributed by atoms with Gasteiger partial charge in [-0.1, -0.05) is 24.3 Å². The van der Waals surface area contributed by atoms with Crippen LogP contribution in [0.25, 0.3) is 0 Å². The first-order chi connectivity index (χ1) is 11.5. The summed E-state index contributed by atoms with van der Waals surface area (Å²) in [6, 6.07) is 11.4. The number of amides is 1.